The van der Waals surface area contributed by atoms with Crippen LogP contribution in [0.15, 0.2) is 42.5 Å². The summed E-state index contributed by atoms with van der Waals surface area (Å²) in [5, 5.41) is 2.83. The zero-order valence-electron chi connectivity index (χ0n) is 16.2. The second-order valence-electron chi connectivity index (χ2n) is 6.60. The summed E-state index contributed by atoms with van der Waals surface area (Å²) in [4.78, 5) is 26.8. The Morgan fingerprint density at radius 3 is 2.54 bits per heavy atom. The smallest absolute Gasteiger partial charge is 0.249 e. The number of hydrogen-bond acceptors (Lipinski definition) is 5. The minimum atomic E-state index is -0.712. The van der Waals surface area contributed by atoms with E-state index in [1.54, 1.807) is 30.2 Å². The summed E-state index contributed by atoms with van der Waals surface area (Å²) in [6, 6.07) is 12.3. The summed E-state index contributed by atoms with van der Waals surface area (Å²) in [6.45, 7) is 2.48. The molecule has 7 nitrogen and oxygen atoms in total. The van der Waals surface area contributed by atoms with Gasteiger partial charge < -0.3 is 24.4 Å². The van der Waals surface area contributed by atoms with Gasteiger partial charge in [-0.3, -0.25) is 9.59 Å². The van der Waals surface area contributed by atoms with Gasteiger partial charge in [-0.05, 0) is 24.6 Å². The second-order valence-corrected chi connectivity index (χ2v) is 6.60. The van der Waals surface area contributed by atoms with Crippen LogP contribution in [0.2, 0.25) is 0 Å². The number of amides is 2. The van der Waals surface area contributed by atoms with Gasteiger partial charge in [0.25, 0.3) is 0 Å². The molecule has 28 heavy (non-hydrogen) atoms. The molecule has 0 spiro atoms. The van der Waals surface area contributed by atoms with Gasteiger partial charge in [0.05, 0.1) is 20.8 Å². The summed E-state index contributed by atoms with van der Waals surface area (Å²) in [6.07, 6.45) is 0. The number of aryl methyl sites for hydroxylation is 1. The van der Waals surface area contributed by atoms with Crippen LogP contribution in [0, 0.1) is 6.92 Å². The second kappa shape index (κ2) is 8.75. The molecule has 148 valence electrons. The number of methoxy groups -OCH3 is 2. The van der Waals surface area contributed by atoms with Gasteiger partial charge in [0.2, 0.25) is 11.8 Å². The number of rotatable bonds is 6. The molecule has 1 unspecified atom stereocenters. The number of benzene rings is 2. The van der Waals surface area contributed by atoms with E-state index in [9.17, 15) is 9.59 Å². The van der Waals surface area contributed by atoms with Crippen LogP contribution < -0.4 is 14.8 Å². The molecule has 1 saturated heterocycles. The lowest BCUT2D eigenvalue weighted by Crippen LogP contribution is -2.54. The highest BCUT2D eigenvalue weighted by atomic mass is 16.5. The molecule has 2 amide bonds. The molecule has 7 heteroatoms. The summed E-state index contributed by atoms with van der Waals surface area (Å²) in [7, 11) is 3.07. The molecular weight excluding hydrogens is 360 g/mol. The monoisotopic (exact) mass is 384 g/mol. The van der Waals surface area contributed by atoms with Gasteiger partial charge in [-0.1, -0.05) is 29.8 Å². The summed E-state index contributed by atoms with van der Waals surface area (Å²) in [5.74, 6) is 0.553. The predicted octanol–water partition coefficient (Wildman–Crippen LogP) is 2.38. The summed E-state index contributed by atoms with van der Waals surface area (Å²) in [5.41, 5.74) is 2.65. The van der Waals surface area contributed by atoms with Gasteiger partial charge in [0.1, 0.15) is 12.6 Å². The van der Waals surface area contributed by atoms with Gasteiger partial charge >= 0.3 is 0 Å². The molecule has 1 N–H and O–H groups in total. The summed E-state index contributed by atoms with van der Waals surface area (Å²) >= 11 is 0. The first-order chi connectivity index (χ1) is 13.5. The van der Waals surface area contributed by atoms with Crippen LogP contribution in [0.5, 0.6) is 11.5 Å². The first-order valence-electron chi connectivity index (χ1n) is 8.97. The number of anilines is 1. The minimum Gasteiger partial charge on any atom is -0.493 e. The zero-order valence-corrected chi connectivity index (χ0v) is 16.2. The van der Waals surface area contributed by atoms with Crippen LogP contribution >= 0.6 is 0 Å². The van der Waals surface area contributed by atoms with Gasteiger partial charge in [-0.15, -0.1) is 0 Å². The van der Waals surface area contributed by atoms with Crippen LogP contribution in [0.4, 0.5) is 5.69 Å². The fourth-order valence-electron chi connectivity index (χ4n) is 3.05. The highest BCUT2D eigenvalue weighted by Gasteiger charge is 2.34. The Hall–Kier alpha value is -3.06. The normalized spacial score (nSPS) is 16.6. The maximum absolute atomic E-state index is 12.9. The molecule has 2 aromatic rings. The molecule has 0 bridgehead atoms. The van der Waals surface area contributed by atoms with E-state index in [2.05, 4.69) is 5.32 Å². The third-order valence-electron chi connectivity index (χ3n) is 4.63. The Labute approximate surface area is 164 Å². The van der Waals surface area contributed by atoms with Gasteiger partial charge in [-0.2, -0.15) is 0 Å². The first kappa shape index (κ1) is 19.7. The number of nitrogens with one attached hydrogen (secondary N) is 1. The van der Waals surface area contributed by atoms with Crippen LogP contribution in [0.3, 0.4) is 0 Å². The third kappa shape index (κ3) is 4.43. The van der Waals surface area contributed by atoms with Crippen molar-refractivity contribution < 1.29 is 23.8 Å². The molecule has 0 radical (unpaired) electrons. The van der Waals surface area contributed by atoms with E-state index in [4.69, 9.17) is 14.2 Å². The van der Waals surface area contributed by atoms with Crippen molar-refractivity contribution in [2.75, 3.05) is 32.8 Å². The van der Waals surface area contributed by atoms with Crippen molar-refractivity contribution in [3.8, 4) is 11.5 Å². The number of morpholine rings is 1. The SMILES string of the molecule is COc1ccc(NC(=O)C2COCC(=O)N2Cc2ccc(C)cc2)cc1OC. The molecule has 1 atom stereocenters. The van der Waals surface area contributed by atoms with E-state index < -0.39 is 6.04 Å². The van der Waals surface area contributed by atoms with Crippen LogP contribution in [0.1, 0.15) is 11.1 Å². The molecule has 1 aliphatic rings. The Kier molecular flexibility index (Phi) is 6.16. The Morgan fingerprint density at radius 2 is 1.86 bits per heavy atom. The highest BCUT2D eigenvalue weighted by molar-refractivity contribution is 5.98. The highest BCUT2D eigenvalue weighted by Crippen LogP contribution is 2.30. The van der Waals surface area contributed by atoms with Crippen molar-refractivity contribution in [2.24, 2.45) is 0 Å². The van der Waals surface area contributed by atoms with Crippen LogP contribution in [-0.4, -0.2) is 50.2 Å². The van der Waals surface area contributed by atoms with Gasteiger partial charge in [-0.25, -0.2) is 0 Å². The van der Waals surface area contributed by atoms with Crippen molar-refractivity contribution >= 4 is 17.5 Å². The van der Waals surface area contributed by atoms with E-state index >= 15 is 0 Å². The molecule has 1 heterocycles. The molecule has 2 aromatic carbocycles. The first-order valence-corrected chi connectivity index (χ1v) is 8.97. The number of ether oxygens (including phenoxy) is 3. The summed E-state index contributed by atoms with van der Waals surface area (Å²) < 4.78 is 15.8. The van der Waals surface area contributed by atoms with Gasteiger partial charge in [0.15, 0.2) is 11.5 Å². The minimum absolute atomic E-state index is 0.0218. The average Bonchev–Trinajstić information content (AvgIpc) is 2.70. The van der Waals surface area contributed by atoms with Crippen LogP contribution in [-0.2, 0) is 20.9 Å². The number of carbonyl (C=O) groups is 2. The Bertz CT molecular complexity index is 850. The molecule has 3 rings (SSSR count). The molecule has 1 fully saturated rings. The fourth-order valence-corrected chi connectivity index (χ4v) is 3.05. The molecule has 0 saturated carbocycles. The molecule has 1 aliphatic heterocycles. The predicted molar refractivity (Wildman–Crippen MR) is 105 cm³/mol. The van der Waals surface area contributed by atoms with Gasteiger partial charge in [0, 0.05) is 18.3 Å². The quantitative estimate of drug-likeness (QED) is 0.828. The lowest BCUT2D eigenvalue weighted by Gasteiger charge is -2.34. The molecule has 0 aromatic heterocycles. The van der Waals surface area contributed by atoms with E-state index in [-0.39, 0.29) is 25.0 Å². The standard InChI is InChI=1S/C21H24N2O5/c1-14-4-6-15(7-5-14)11-23-17(12-28-13-20(23)24)21(25)22-16-8-9-18(26-2)19(10-16)27-3/h4-10,17H,11-13H2,1-3H3,(H,22,25). The zero-order chi connectivity index (χ0) is 20.1. The van der Waals surface area contributed by atoms with Crippen molar-refractivity contribution in [3.05, 3.63) is 53.6 Å². The molecular formula is C21H24N2O5. The molecule has 0 aliphatic carbocycles. The lowest BCUT2D eigenvalue weighted by molar-refractivity contribution is -0.154. The Balaban J connectivity index is 1.76. The van der Waals surface area contributed by atoms with Crippen molar-refractivity contribution in [3.63, 3.8) is 0 Å². The Morgan fingerprint density at radius 1 is 1.14 bits per heavy atom. The topological polar surface area (TPSA) is 77.1 Å². The number of nitrogens with zero attached hydrogens (tertiary/aromatic N) is 1. The largest absolute Gasteiger partial charge is 0.493 e. The van der Waals surface area contributed by atoms with E-state index in [0.717, 1.165) is 11.1 Å². The number of carbonyl (C=O) groups excluding carboxylic acids is 2. The maximum Gasteiger partial charge on any atom is 0.249 e. The van der Waals surface area contributed by atoms with Crippen LogP contribution in [0.25, 0.3) is 0 Å². The van der Waals surface area contributed by atoms with Crippen molar-refractivity contribution in [1.29, 1.82) is 0 Å². The maximum atomic E-state index is 12.9. The lowest BCUT2D eigenvalue weighted by atomic mass is 10.1. The van der Waals surface area contributed by atoms with Crippen molar-refractivity contribution in [2.45, 2.75) is 19.5 Å². The number of hydrogen-bond donors (Lipinski definition) is 1. The average molecular weight is 384 g/mol. The van der Waals surface area contributed by atoms with E-state index in [1.165, 1.54) is 7.11 Å². The third-order valence-corrected chi connectivity index (χ3v) is 4.63. The van der Waals surface area contributed by atoms with Crippen molar-refractivity contribution in [1.82, 2.24) is 4.90 Å². The van der Waals surface area contributed by atoms with E-state index in [0.29, 0.717) is 23.7 Å². The fraction of sp³-hybridized carbons (Fsp3) is 0.333. The van der Waals surface area contributed by atoms with E-state index in [1.807, 2.05) is 31.2 Å².